The first-order chi connectivity index (χ1) is 14.0. The van der Waals surface area contributed by atoms with Crippen LogP contribution in [0, 0.1) is 11.8 Å². The van der Waals surface area contributed by atoms with Crippen LogP contribution in [-0.2, 0) is 6.42 Å². The minimum absolute atomic E-state index is 0.585. The lowest BCUT2D eigenvalue weighted by molar-refractivity contribution is 0.415. The van der Waals surface area contributed by atoms with Crippen LogP contribution in [0.4, 0.5) is 5.82 Å². The van der Waals surface area contributed by atoms with Gasteiger partial charge >= 0.3 is 0 Å². The molecule has 0 unspecified atom stereocenters. The highest BCUT2D eigenvalue weighted by Crippen LogP contribution is 2.36. The zero-order valence-electron chi connectivity index (χ0n) is 17.7. The summed E-state index contributed by atoms with van der Waals surface area (Å²) in [5.74, 6) is 3.33. The quantitative estimate of drug-likeness (QED) is 0.490. The molecule has 6 heteroatoms. The normalized spacial score (nSPS) is 14.0. The minimum Gasteiger partial charge on any atom is -0.497 e. The summed E-state index contributed by atoms with van der Waals surface area (Å²) in [6.07, 6.45) is 7.42. The predicted molar refractivity (Wildman–Crippen MR) is 119 cm³/mol. The van der Waals surface area contributed by atoms with Crippen molar-refractivity contribution in [2.24, 2.45) is 11.8 Å². The lowest BCUT2D eigenvalue weighted by Crippen LogP contribution is -2.31. The monoisotopic (exact) mass is 412 g/mol. The topological polar surface area (TPSA) is 42.7 Å². The number of ether oxygens (including phenoxy) is 1. The van der Waals surface area contributed by atoms with Gasteiger partial charge in [-0.05, 0) is 49.3 Å². The Morgan fingerprint density at radius 2 is 2.10 bits per heavy atom. The van der Waals surface area contributed by atoms with Gasteiger partial charge in [0.1, 0.15) is 17.3 Å². The summed E-state index contributed by atoms with van der Waals surface area (Å²) in [5, 5.41) is 0.615. The summed E-state index contributed by atoms with van der Waals surface area (Å²) in [6, 6.07) is 5.69. The van der Waals surface area contributed by atoms with E-state index >= 15 is 0 Å². The number of rotatable bonds is 8. The molecule has 0 aliphatic heterocycles. The number of imidazole rings is 1. The second-order valence-corrected chi connectivity index (χ2v) is 8.70. The number of benzene rings is 1. The van der Waals surface area contributed by atoms with Crippen molar-refractivity contribution in [3.63, 3.8) is 0 Å². The van der Waals surface area contributed by atoms with Crippen LogP contribution < -0.4 is 9.64 Å². The average Bonchev–Trinajstić information content (AvgIpc) is 3.43. The van der Waals surface area contributed by atoms with Crippen molar-refractivity contribution in [2.45, 2.75) is 40.0 Å². The molecule has 5 nitrogen and oxygen atoms in total. The molecule has 1 saturated carbocycles. The summed E-state index contributed by atoms with van der Waals surface area (Å²) >= 11 is 6.56. The first-order valence-electron chi connectivity index (χ1n) is 10.5. The SMILES string of the molecule is CCc1nc2c(-c3ccc(OC)cc3Cl)nccn2c1N(CC(C)C)CC1CC1. The van der Waals surface area contributed by atoms with Gasteiger partial charge in [0.15, 0.2) is 5.65 Å². The van der Waals surface area contributed by atoms with E-state index < -0.39 is 0 Å². The second-order valence-electron chi connectivity index (χ2n) is 8.29. The maximum atomic E-state index is 6.56. The van der Waals surface area contributed by atoms with Crippen molar-refractivity contribution in [3.8, 4) is 17.0 Å². The summed E-state index contributed by atoms with van der Waals surface area (Å²) in [7, 11) is 1.64. The molecule has 0 atom stereocenters. The molecule has 1 fully saturated rings. The van der Waals surface area contributed by atoms with Crippen molar-refractivity contribution in [2.75, 3.05) is 25.1 Å². The Kier molecular flexibility index (Phi) is 5.68. The number of aromatic nitrogens is 3. The molecular formula is C23H29ClN4O. The van der Waals surface area contributed by atoms with Crippen molar-refractivity contribution >= 4 is 23.1 Å². The van der Waals surface area contributed by atoms with E-state index in [1.54, 1.807) is 7.11 Å². The average molecular weight is 413 g/mol. The molecule has 0 N–H and O–H groups in total. The van der Waals surface area contributed by atoms with Crippen molar-refractivity contribution in [1.82, 2.24) is 14.4 Å². The van der Waals surface area contributed by atoms with E-state index in [1.165, 1.54) is 18.7 Å². The van der Waals surface area contributed by atoms with E-state index in [9.17, 15) is 0 Å². The zero-order chi connectivity index (χ0) is 20.5. The Morgan fingerprint density at radius 1 is 1.31 bits per heavy atom. The molecule has 2 aromatic heterocycles. The molecule has 3 aromatic rings. The largest absolute Gasteiger partial charge is 0.497 e. The molecule has 0 bridgehead atoms. The van der Waals surface area contributed by atoms with Gasteiger partial charge in [0.05, 0.1) is 17.8 Å². The maximum absolute atomic E-state index is 6.56. The number of hydrogen-bond donors (Lipinski definition) is 0. The zero-order valence-corrected chi connectivity index (χ0v) is 18.4. The molecule has 1 aromatic carbocycles. The number of hydrogen-bond acceptors (Lipinski definition) is 4. The van der Waals surface area contributed by atoms with Crippen LogP contribution in [0.5, 0.6) is 5.75 Å². The third-order valence-corrected chi connectivity index (χ3v) is 5.73. The molecule has 1 aliphatic carbocycles. The number of nitrogens with zero attached hydrogens (tertiary/aromatic N) is 4. The molecule has 29 heavy (non-hydrogen) atoms. The third kappa shape index (κ3) is 4.06. The molecule has 154 valence electrons. The van der Waals surface area contributed by atoms with E-state index in [2.05, 4.69) is 35.1 Å². The molecule has 2 heterocycles. The van der Waals surface area contributed by atoms with Gasteiger partial charge in [0.25, 0.3) is 0 Å². The van der Waals surface area contributed by atoms with Crippen LogP contribution >= 0.6 is 11.6 Å². The standard InChI is InChI=1S/C23H29ClN4O/c1-5-20-23(27(13-15(2)3)14-16-6-7-16)28-11-10-25-21(22(28)26-20)18-9-8-17(29-4)12-19(18)24/h8-12,15-16H,5-7,13-14H2,1-4H3. The van der Waals surface area contributed by atoms with Gasteiger partial charge in [-0.3, -0.25) is 9.38 Å². The second kappa shape index (κ2) is 8.23. The number of halogens is 1. The molecular weight excluding hydrogens is 384 g/mol. The third-order valence-electron chi connectivity index (χ3n) is 5.41. The number of aryl methyl sites for hydroxylation is 1. The van der Waals surface area contributed by atoms with E-state index in [1.807, 2.05) is 30.6 Å². The predicted octanol–water partition coefficient (Wildman–Crippen LogP) is 5.49. The highest BCUT2D eigenvalue weighted by atomic mass is 35.5. The fourth-order valence-corrected chi connectivity index (χ4v) is 4.15. The smallest absolute Gasteiger partial charge is 0.165 e. The van der Waals surface area contributed by atoms with Gasteiger partial charge in [0.2, 0.25) is 0 Å². The van der Waals surface area contributed by atoms with E-state index in [0.717, 1.165) is 53.8 Å². The summed E-state index contributed by atoms with van der Waals surface area (Å²) in [6.45, 7) is 8.85. The van der Waals surface area contributed by atoms with Crippen LogP contribution in [-0.4, -0.2) is 34.6 Å². The Balaban J connectivity index is 1.85. The Hall–Kier alpha value is -2.27. The van der Waals surface area contributed by atoms with Crippen molar-refractivity contribution in [1.29, 1.82) is 0 Å². The summed E-state index contributed by atoms with van der Waals surface area (Å²) in [4.78, 5) is 12.2. The van der Waals surface area contributed by atoms with Crippen molar-refractivity contribution in [3.05, 3.63) is 41.3 Å². The molecule has 4 rings (SSSR count). The van der Waals surface area contributed by atoms with Crippen LogP contribution in [0.2, 0.25) is 5.02 Å². The number of methoxy groups -OCH3 is 1. The number of anilines is 1. The van der Waals surface area contributed by atoms with Gasteiger partial charge < -0.3 is 9.64 Å². The van der Waals surface area contributed by atoms with Gasteiger partial charge in [-0.15, -0.1) is 0 Å². The number of fused-ring (bicyclic) bond motifs is 1. The fraction of sp³-hybridized carbons (Fsp3) is 0.478. The molecule has 0 spiro atoms. The van der Waals surface area contributed by atoms with E-state index in [0.29, 0.717) is 10.9 Å². The first kappa shape index (κ1) is 20.0. The Bertz CT molecular complexity index is 1010. The fourth-order valence-electron chi connectivity index (χ4n) is 3.89. The Labute approximate surface area is 177 Å². The molecule has 0 radical (unpaired) electrons. The lowest BCUT2D eigenvalue weighted by atomic mass is 10.1. The summed E-state index contributed by atoms with van der Waals surface area (Å²) in [5.41, 5.74) is 3.65. The maximum Gasteiger partial charge on any atom is 0.165 e. The van der Waals surface area contributed by atoms with Crippen LogP contribution in [0.15, 0.2) is 30.6 Å². The molecule has 0 amide bonds. The Morgan fingerprint density at radius 3 is 2.72 bits per heavy atom. The van der Waals surface area contributed by atoms with E-state index in [-0.39, 0.29) is 0 Å². The van der Waals surface area contributed by atoms with Gasteiger partial charge in [0, 0.05) is 31.0 Å². The van der Waals surface area contributed by atoms with Crippen LogP contribution in [0.25, 0.3) is 16.9 Å². The van der Waals surface area contributed by atoms with E-state index in [4.69, 9.17) is 21.3 Å². The summed E-state index contributed by atoms with van der Waals surface area (Å²) < 4.78 is 7.49. The molecule has 0 saturated heterocycles. The van der Waals surface area contributed by atoms with Gasteiger partial charge in [-0.1, -0.05) is 32.4 Å². The highest BCUT2D eigenvalue weighted by Gasteiger charge is 2.28. The molecule has 1 aliphatic rings. The van der Waals surface area contributed by atoms with Crippen LogP contribution in [0.3, 0.4) is 0 Å². The van der Waals surface area contributed by atoms with Crippen LogP contribution in [0.1, 0.15) is 39.3 Å². The highest BCUT2D eigenvalue weighted by molar-refractivity contribution is 6.33. The first-order valence-corrected chi connectivity index (χ1v) is 10.8. The van der Waals surface area contributed by atoms with Gasteiger partial charge in [-0.25, -0.2) is 4.98 Å². The lowest BCUT2D eigenvalue weighted by Gasteiger charge is -2.27. The van der Waals surface area contributed by atoms with Crippen molar-refractivity contribution < 1.29 is 4.74 Å². The minimum atomic E-state index is 0.585. The van der Waals surface area contributed by atoms with Gasteiger partial charge in [-0.2, -0.15) is 0 Å².